The molecule has 21 heavy (non-hydrogen) atoms. The smallest absolute Gasteiger partial charge is 0.0334 e. The molecule has 0 bridgehead atoms. The van der Waals surface area contributed by atoms with E-state index in [0.29, 0.717) is 11.1 Å². The fourth-order valence-electron chi connectivity index (χ4n) is 4.52. The van der Waals surface area contributed by atoms with Crippen molar-refractivity contribution in [3.05, 3.63) is 0 Å². The Morgan fingerprint density at radius 1 is 0.905 bits per heavy atom. The van der Waals surface area contributed by atoms with Crippen LogP contribution in [0.2, 0.25) is 0 Å². The first kappa shape index (κ1) is 17.3. The Morgan fingerprint density at radius 3 is 2.19 bits per heavy atom. The van der Waals surface area contributed by atoms with Crippen molar-refractivity contribution in [1.29, 1.82) is 0 Å². The summed E-state index contributed by atoms with van der Waals surface area (Å²) in [5, 5.41) is 3.96. The minimum absolute atomic E-state index is 0.386. The van der Waals surface area contributed by atoms with Crippen molar-refractivity contribution < 1.29 is 0 Å². The summed E-state index contributed by atoms with van der Waals surface area (Å²) in [4.78, 5) is 2.91. The number of hydrogen-bond acceptors (Lipinski definition) is 2. The fraction of sp³-hybridized carbons (Fsp3) is 1.00. The maximum Gasteiger partial charge on any atom is 0.0334 e. The number of unbranched alkanes of at least 4 members (excludes halogenated alkanes) is 4. The highest BCUT2D eigenvalue weighted by molar-refractivity contribution is 5.06. The van der Waals surface area contributed by atoms with Crippen LogP contribution in [-0.2, 0) is 0 Å². The molecule has 0 amide bonds. The molecule has 0 aromatic carbocycles. The molecule has 0 atom stereocenters. The zero-order valence-corrected chi connectivity index (χ0v) is 14.8. The predicted octanol–water partition coefficient (Wildman–Crippen LogP) is 4.73. The lowest BCUT2D eigenvalue weighted by molar-refractivity contribution is 0.00313. The van der Waals surface area contributed by atoms with Gasteiger partial charge in [-0.25, -0.2) is 0 Å². The van der Waals surface area contributed by atoms with Crippen molar-refractivity contribution in [2.24, 2.45) is 0 Å². The van der Waals surface area contributed by atoms with Gasteiger partial charge in [-0.15, -0.1) is 0 Å². The van der Waals surface area contributed by atoms with Gasteiger partial charge in [-0.1, -0.05) is 59.3 Å². The summed E-state index contributed by atoms with van der Waals surface area (Å²) in [7, 11) is 0. The van der Waals surface area contributed by atoms with Gasteiger partial charge < -0.3 is 5.32 Å². The molecule has 1 saturated carbocycles. The summed E-state index contributed by atoms with van der Waals surface area (Å²) in [6, 6.07) is 0. The second kappa shape index (κ2) is 7.97. The molecule has 2 nitrogen and oxygen atoms in total. The molecule has 1 aliphatic carbocycles. The zero-order valence-electron chi connectivity index (χ0n) is 14.8. The predicted molar refractivity (Wildman–Crippen MR) is 92.8 cm³/mol. The van der Waals surface area contributed by atoms with E-state index in [4.69, 9.17) is 0 Å². The molecule has 0 aromatic heterocycles. The van der Waals surface area contributed by atoms with Crippen LogP contribution < -0.4 is 5.32 Å². The summed E-state index contributed by atoms with van der Waals surface area (Å²) < 4.78 is 0. The van der Waals surface area contributed by atoms with Crippen molar-refractivity contribution >= 4 is 0 Å². The second-order valence-corrected chi connectivity index (χ2v) is 7.61. The Kier molecular flexibility index (Phi) is 6.55. The Bertz CT molecular complexity index is 290. The summed E-state index contributed by atoms with van der Waals surface area (Å²) in [6.07, 6.45) is 15.3. The third kappa shape index (κ3) is 4.01. The Morgan fingerprint density at radius 2 is 1.57 bits per heavy atom. The Balaban J connectivity index is 1.93. The first-order valence-electron chi connectivity index (χ1n) is 9.70. The molecule has 1 spiro atoms. The van der Waals surface area contributed by atoms with Crippen LogP contribution in [-0.4, -0.2) is 35.6 Å². The summed E-state index contributed by atoms with van der Waals surface area (Å²) in [6.45, 7) is 10.9. The van der Waals surface area contributed by atoms with Crippen molar-refractivity contribution in [2.75, 3.05) is 19.6 Å². The van der Waals surface area contributed by atoms with E-state index in [1.54, 1.807) is 0 Å². The average molecular weight is 295 g/mol. The van der Waals surface area contributed by atoms with E-state index < -0.39 is 0 Å². The lowest BCUT2D eigenvalue weighted by Gasteiger charge is -2.53. The maximum atomic E-state index is 3.96. The van der Waals surface area contributed by atoms with Crippen LogP contribution >= 0.6 is 0 Å². The largest absolute Gasteiger partial charge is 0.308 e. The van der Waals surface area contributed by atoms with Crippen molar-refractivity contribution in [2.45, 2.75) is 102 Å². The topological polar surface area (TPSA) is 15.3 Å². The van der Waals surface area contributed by atoms with Gasteiger partial charge >= 0.3 is 0 Å². The highest BCUT2D eigenvalue weighted by Gasteiger charge is 2.46. The molecule has 0 radical (unpaired) electrons. The molecule has 2 fully saturated rings. The summed E-state index contributed by atoms with van der Waals surface area (Å²) >= 11 is 0. The van der Waals surface area contributed by atoms with E-state index in [-0.39, 0.29) is 0 Å². The van der Waals surface area contributed by atoms with Gasteiger partial charge in [0, 0.05) is 24.2 Å². The van der Waals surface area contributed by atoms with Gasteiger partial charge in [-0.2, -0.15) is 0 Å². The van der Waals surface area contributed by atoms with Gasteiger partial charge in [0.1, 0.15) is 0 Å². The lowest BCUT2D eigenvalue weighted by atomic mass is 9.82. The molecule has 2 heteroatoms. The van der Waals surface area contributed by atoms with Gasteiger partial charge in [0.2, 0.25) is 0 Å². The maximum absolute atomic E-state index is 3.96. The molecule has 0 unspecified atom stereocenters. The van der Waals surface area contributed by atoms with Crippen LogP contribution in [0.3, 0.4) is 0 Å². The minimum Gasteiger partial charge on any atom is -0.308 e. The lowest BCUT2D eigenvalue weighted by Crippen LogP contribution is -2.69. The van der Waals surface area contributed by atoms with Crippen LogP contribution in [0.5, 0.6) is 0 Å². The van der Waals surface area contributed by atoms with Crippen LogP contribution in [0.1, 0.15) is 91.4 Å². The number of nitrogens with zero attached hydrogens (tertiary/aromatic N) is 1. The number of rotatable bonds is 8. The Hall–Kier alpha value is -0.0800. The van der Waals surface area contributed by atoms with E-state index in [1.165, 1.54) is 90.3 Å². The highest BCUT2D eigenvalue weighted by Crippen LogP contribution is 2.39. The monoisotopic (exact) mass is 294 g/mol. The standard InChI is InChI=1S/C19H38N2/c1-4-7-8-9-12-15-21-17-18(5-2,6-3)20-16-19(21)13-10-11-14-19/h20H,4-17H2,1-3H3. The van der Waals surface area contributed by atoms with Crippen LogP contribution in [0.4, 0.5) is 0 Å². The van der Waals surface area contributed by atoms with Gasteiger partial charge in [-0.3, -0.25) is 4.90 Å². The van der Waals surface area contributed by atoms with Crippen molar-refractivity contribution in [3.63, 3.8) is 0 Å². The molecule has 1 aliphatic heterocycles. The van der Waals surface area contributed by atoms with E-state index >= 15 is 0 Å². The quantitative estimate of drug-likeness (QED) is 0.651. The van der Waals surface area contributed by atoms with Crippen LogP contribution in [0.25, 0.3) is 0 Å². The zero-order chi connectivity index (χ0) is 15.2. The Labute approximate surface area is 133 Å². The minimum atomic E-state index is 0.386. The summed E-state index contributed by atoms with van der Waals surface area (Å²) in [5.74, 6) is 0. The molecule has 0 aromatic rings. The number of nitrogens with one attached hydrogen (secondary N) is 1. The van der Waals surface area contributed by atoms with Crippen molar-refractivity contribution in [1.82, 2.24) is 10.2 Å². The molecular weight excluding hydrogens is 256 g/mol. The highest BCUT2D eigenvalue weighted by atomic mass is 15.3. The number of hydrogen-bond donors (Lipinski definition) is 1. The van der Waals surface area contributed by atoms with E-state index in [0.717, 1.165) is 0 Å². The third-order valence-electron chi connectivity index (χ3n) is 6.38. The second-order valence-electron chi connectivity index (χ2n) is 7.61. The fourth-order valence-corrected chi connectivity index (χ4v) is 4.52. The molecular formula is C19H38N2. The van der Waals surface area contributed by atoms with E-state index in [1.807, 2.05) is 0 Å². The van der Waals surface area contributed by atoms with Gasteiger partial charge in [0.25, 0.3) is 0 Å². The first-order chi connectivity index (χ1) is 10.2. The van der Waals surface area contributed by atoms with Crippen LogP contribution in [0, 0.1) is 0 Å². The molecule has 1 N–H and O–H groups in total. The molecule has 2 aliphatic rings. The summed E-state index contributed by atoms with van der Waals surface area (Å²) in [5.41, 5.74) is 0.899. The molecule has 124 valence electrons. The first-order valence-corrected chi connectivity index (χ1v) is 9.70. The van der Waals surface area contributed by atoms with E-state index in [9.17, 15) is 0 Å². The van der Waals surface area contributed by atoms with Gasteiger partial charge in [0.05, 0.1) is 0 Å². The average Bonchev–Trinajstić information content (AvgIpc) is 2.99. The molecule has 1 saturated heterocycles. The van der Waals surface area contributed by atoms with Crippen molar-refractivity contribution in [3.8, 4) is 0 Å². The van der Waals surface area contributed by atoms with Gasteiger partial charge in [-0.05, 0) is 38.6 Å². The third-order valence-corrected chi connectivity index (χ3v) is 6.38. The van der Waals surface area contributed by atoms with E-state index in [2.05, 4.69) is 31.0 Å². The SMILES string of the molecule is CCCCCCCN1CC(CC)(CC)NCC12CCCC2. The van der Waals surface area contributed by atoms with Crippen LogP contribution in [0.15, 0.2) is 0 Å². The molecule has 2 rings (SSSR count). The normalized spacial score (nSPS) is 24.7. The number of piperazine rings is 1. The van der Waals surface area contributed by atoms with Gasteiger partial charge in [0.15, 0.2) is 0 Å². The molecule has 1 heterocycles.